The molecule has 8 heteroatoms. The molecule has 1 aromatic rings. The van der Waals surface area contributed by atoms with Crippen LogP contribution in [0.1, 0.15) is 50.5 Å². The number of amides is 2. The highest BCUT2D eigenvalue weighted by Gasteiger charge is 2.53. The summed E-state index contributed by atoms with van der Waals surface area (Å²) in [6, 6.07) is 8.99. The van der Waals surface area contributed by atoms with E-state index in [-0.39, 0.29) is 17.6 Å². The fourth-order valence-electron chi connectivity index (χ4n) is 6.42. The van der Waals surface area contributed by atoms with Crippen molar-refractivity contribution >= 4 is 32.6 Å². The van der Waals surface area contributed by atoms with E-state index in [1.807, 2.05) is 30.3 Å². The Balaban J connectivity index is 1.22. The van der Waals surface area contributed by atoms with Crippen molar-refractivity contribution in [2.75, 3.05) is 6.54 Å². The van der Waals surface area contributed by atoms with Gasteiger partial charge in [-0.3, -0.25) is 4.79 Å². The molecule has 0 saturated heterocycles. The van der Waals surface area contributed by atoms with E-state index < -0.39 is 12.1 Å². The van der Waals surface area contributed by atoms with Gasteiger partial charge in [0.2, 0.25) is 5.91 Å². The molecule has 2 atom stereocenters. The Morgan fingerprint density at radius 1 is 1.12 bits per heavy atom. The lowest BCUT2D eigenvalue weighted by Gasteiger charge is -2.55. The van der Waals surface area contributed by atoms with Gasteiger partial charge in [-0.1, -0.05) is 35.5 Å². The average Bonchev–Trinajstić information content (AvgIpc) is 3.16. The molecule has 172 valence electrons. The predicted octanol–water partition coefficient (Wildman–Crippen LogP) is 3.91. The minimum Gasteiger partial charge on any atom is -0.443 e. The number of carbonyl (C=O) groups excluding carboxylic acids is 2. The third-order valence-corrected chi connectivity index (χ3v) is 7.85. The Kier molecular flexibility index (Phi) is 6.14. The standard InChI is InChI=1S/C24H30BrN3O4/c25-21-10-19(32-28-21)14-26-22(29)20(9-15-4-2-1-3-5-15)27-23(30)31-24-11-16-6-17(12-24)8-18(7-16)13-24/h1-5,16-20H,6-14H2,(H,26,29)(H,27,30)/t16?,17?,18?,19?,20-,24?/m0/s1. The third-order valence-electron chi connectivity index (χ3n) is 7.38. The fourth-order valence-corrected chi connectivity index (χ4v) is 6.87. The number of rotatable bonds is 7. The number of oxime groups is 1. The van der Waals surface area contributed by atoms with Gasteiger partial charge < -0.3 is 20.2 Å². The Morgan fingerprint density at radius 2 is 1.78 bits per heavy atom. The molecule has 1 aliphatic heterocycles. The maximum Gasteiger partial charge on any atom is 0.408 e. The smallest absolute Gasteiger partial charge is 0.408 e. The van der Waals surface area contributed by atoms with Crippen LogP contribution in [0.25, 0.3) is 0 Å². The average molecular weight is 504 g/mol. The van der Waals surface area contributed by atoms with Crippen LogP contribution in [0.2, 0.25) is 0 Å². The van der Waals surface area contributed by atoms with E-state index in [0.717, 1.165) is 29.4 Å². The lowest BCUT2D eigenvalue weighted by molar-refractivity contribution is -0.131. The van der Waals surface area contributed by atoms with Gasteiger partial charge in [-0.15, -0.1) is 0 Å². The molecule has 0 spiro atoms. The Labute approximate surface area is 196 Å². The van der Waals surface area contributed by atoms with E-state index in [9.17, 15) is 9.59 Å². The Morgan fingerprint density at radius 3 is 2.38 bits per heavy atom. The molecule has 5 aliphatic rings. The van der Waals surface area contributed by atoms with Gasteiger partial charge >= 0.3 is 6.09 Å². The molecule has 7 nitrogen and oxygen atoms in total. The van der Waals surface area contributed by atoms with Crippen LogP contribution in [-0.2, 0) is 20.8 Å². The predicted molar refractivity (Wildman–Crippen MR) is 123 cm³/mol. The van der Waals surface area contributed by atoms with Crippen molar-refractivity contribution in [1.29, 1.82) is 0 Å². The number of nitrogens with one attached hydrogen (secondary N) is 2. The monoisotopic (exact) mass is 503 g/mol. The van der Waals surface area contributed by atoms with Crippen molar-refractivity contribution in [2.45, 2.75) is 69.1 Å². The number of halogens is 1. The van der Waals surface area contributed by atoms with Gasteiger partial charge in [-0.05, 0) is 77.8 Å². The van der Waals surface area contributed by atoms with E-state index >= 15 is 0 Å². The van der Waals surface area contributed by atoms with Crippen molar-refractivity contribution in [2.24, 2.45) is 22.9 Å². The van der Waals surface area contributed by atoms with Crippen molar-refractivity contribution in [1.82, 2.24) is 10.6 Å². The summed E-state index contributed by atoms with van der Waals surface area (Å²) in [4.78, 5) is 31.2. The second-order valence-electron chi connectivity index (χ2n) is 10.0. The van der Waals surface area contributed by atoms with E-state index in [1.54, 1.807) is 0 Å². The Hall–Kier alpha value is -2.09. The summed E-state index contributed by atoms with van der Waals surface area (Å²) in [7, 11) is 0. The van der Waals surface area contributed by atoms with Gasteiger partial charge in [0, 0.05) is 12.8 Å². The molecule has 1 unspecified atom stereocenters. The maximum absolute atomic E-state index is 13.0. The van der Waals surface area contributed by atoms with Crippen LogP contribution >= 0.6 is 15.9 Å². The number of alkyl carbamates (subject to hydrolysis) is 1. The molecule has 1 aromatic carbocycles. The minimum atomic E-state index is -0.718. The fraction of sp³-hybridized carbons (Fsp3) is 0.625. The highest BCUT2D eigenvalue weighted by Crippen LogP contribution is 2.57. The van der Waals surface area contributed by atoms with Gasteiger partial charge in [0.05, 0.1) is 6.54 Å². The third kappa shape index (κ3) is 4.95. The summed E-state index contributed by atoms with van der Waals surface area (Å²) >= 11 is 3.31. The highest BCUT2D eigenvalue weighted by atomic mass is 79.9. The van der Waals surface area contributed by atoms with Crippen LogP contribution < -0.4 is 10.6 Å². The molecule has 4 bridgehead atoms. The molecule has 6 rings (SSSR count). The largest absolute Gasteiger partial charge is 0.443 e. The second kappa shape index (κ2) is 9.04. The first kappa shape index (κ1) is 21.7. The van der Waals surface area contributed by atoms with Crippen LogP contribution in [0, 0.1) is 17.8 Å². The molecule has 2 N–H and O–H groups in total. The molecule has 0 radical (unpaired) electrons. The molecular formula is C24H30BrN3O4. The minimum absolute atomic E-state index is 0.204. The van der Waals surface area contributed by atoms with E-state index in [1.165, 1.54) is 19.3 Å². The number of benzene rings is 1. The number of hydrogen-bond donors (Lipinski definition) is 2. The molecule has 4 saturated carbocycles. The first-order chi connectivity index (χ1) is 15.5. The van der Waals surface area contributed by atoms with Crippen LogP contribution in [0.3, 0.4) is 0 Å². The van der Waals surface area contributed by atoms with Gasteiger partial charge in [-0.25, -0.2) is 4.79 Å². The highest BCUT2D eigenvalue weighted by molar-refractivity contribution is 9.18. The Bertz CT molecular complexity index is 855. The van der Waals surface area contributed by atoms with Crippen LogP contribution in [0.5, 0.6) is 0 Å². The molecule has 2 amide bonds. The van der Waals surface area contributed by atoms with Crippen molar-refractivity contribution in [3.8, 4) is 0 Å². The SMILES string of the molecule is O=C(N[C@@H](Cc1ccccc1)C(=O)NCC1CC(Br)=NO1)OC12CC3CC(CC(C3)C1)C2. The van der Waals surface area contributed by atoms with Gasteiger partial charge in [0.25, 0.3) is 0 Å². The topological polar surface area (TPSA) is 89.0 Å². The van der Waals surface area contributed by atoms with Gasteiger partial charge in [-0.2, -0.15) is 0 Å². The zero-order chi connectivity index (χ0) is 22.1. The van der Waals surface area contributed by atoms with E-state index in [0.29, 0.717) is 37.1 Å². The molecule has 1 heterocycles. The maximum atomic E-state index is 13.0. The zero-order valence-electron chi connectivity index (χ0n) is 18.1. The normalized spacial score (nSPS) is 33.2. The summed E-state index contributed by atoms with van der Waals surface area (Å²) in [6.45, 7) is 0.328. The van der Waals surface area contributed by atoms with Crippen LogP contribution in [-0.4, -0.2) is 40.9 Å². The first-order valence-corrected chi connectivity index (χ1v) is 12.4. The second-order valence-corrected chi connectivity index (χ2v) is 10.9. The molecule has 32 heavy (non-hydrogen) atoms. The number of carbonyl (C=O) groups is 2. The molecule has 4 aliphatic carbocycles. The summed E-state index contributed by atoms with van der Waals surface area (Å²) in [5.41, 5.74) is 0.638. The van der Waals surface area contributed by atoms with Crippen molar-refractivity contribution in [3.63, 3.8) is 0 Å². The van der Waals surface area contributed by atoms with Gasteiger partial charge in [0.1, 0.15) is 16.3 Å². The quantitative estimate of drug-likeness (QED) is 0.590. The van der Waals surface area contributed by atoms with Crippen molar-refractivity contribution < 1.29 is 19.2 Å². The summed E-state index contributed by atoms with van der Waals surface area (Å²) in [6.07, 6.45) is 7.09. The van der Waals surface area contributed by atoms with Crippen LogP contribution in [0.15, 0.2) is 35.5 Å². The lowest BCUT2D eigenvalue weighted by Crippen LogP contribution is -2.56. The summed E-state index contributed by atoms with van der Waals surface area (Å²) in [5.74, 6) is 1.81. The number of nitrogens with zero attached hydrogens (tertiary/aromatic N) is 1. The number of ether oxygens (including phenoxy) is 1. The first-order valence-electron chi connectivity index (χ1n) is 11.7. The van der Waals surface area contributed by atoms with Crippen LogP contribution in [0.4, 0.5) is 4.79 Å². The molecule has 4 fully saturated rings. The molecular weight excluding hydrogens is 474 g/mol. The van der Waals surface area contributed by atoms with E-state index in [2.05, 4.69) is 31.7 Å². The summed E-state index contributed by atoms with van der Waals surface area (Å²) < 4.78 is 6.81. The molecule has 0 aromatic heterocycles. The van der Waals surface area contributed by atoms with Gasteiger partial charge in [0.15, 0.2) is 6.10 Å². The van der Waals surface area contributed by atoms with Crippen molar-refractivity contribution in [3.05, 3.63) is 35.9 Å². The zero-order valence-corrected chi connectivity index (χ0v) is 19.7. The lowest BCUT2D eigenvalue weighted by atomic mass is 9.54. The van der Waals surface area contributed by atoms with E-state index in [4.69, 9.17) is 9.57 Å². The number of hydrogen-bond acceptors (Lipinski definition) is 5. The summed E-state index contributed by atoms with van der Waals surface area (Å²) in [5, 5.41) is 9.63.